The largest absolute Gasteiger partial charge is 0.507 e. The first-order valence-corrected chi connectivity index (χ1v) is 11.4. The summed E-state index contributed by atoms with van der Waals surface area (Å²) in [6, 6.07) is 17.2. The summed E-state index contributed by atoms with van der Waals surface area (Å²) in [5.41, 5.74) is 3.07. The van der Waals surface area contributed by atoms with Gasteiger partial charge in [0.2, 0.25) is 5.89 Å². The van der Waals surface area contributed by atoms with Crippen molar-refractivity contribution >= 4 is 56.0 Å². The number of carbonyl (C=O) groups is 1. The number of benzene rings is 3. The van der Waals surface area contributed by atoms with E-state index in [2.05, 4.69) is 31.5 Å². The molecule has 0 aliphatic carbocycles. The van der Waals surface area contributed by atoms with Gasteiger partial charge in [-0.25, -0.2) is 4.98 Å². The fraction of sp³-hybridized carbons (Fsp3) is 0.125. The van der Waals surface area contributed by atoms with Crippen molar-refractivity contribution in [3.8, 4) is 23.0 Å². The number of carbonyl (C=O) groups excluding carboxylic acids is 1. The maximum atomic E-state index is 12.5. The molecule has 7 nitrogen and oxygen atoms in total. The molecule has 4 rings (SSSR count). The number of fused-ring (bicyclic) bond motifs is 1. The van der Waals surface area contributed by atoms with Crippen molar-refractivity contribution in [1.82, 2.24) is 10.3 Å². The minimum absolute atomic E-state index is 0.137. The van der Waals surface area contributed by atoms with Gasteiger partial charge in [0.15, 0.2) is 10.7 Å². The van der Waals surface area contributed by atoms with E-state index in [0.717, 1.165) is 12.0 Å². The number of anilines is 1. The number of phenolic OH excluding ortho intramolecular Hbond substituents is 1. The number of amides is 1. The van der Waals surface area contributed by atoms with Gasteiger partial charge in [-0.1, -0.05) is 6.92 Å². The lowest BCUT2D eigenvalue weighted by molar-refractivity contribution is 0.0977. The highest BCUT2D eigenvalue weighted by Crippen LogP contribution is 2.31. The van der Waals surface area contributed by atoms with Crippen LogP contribution in [0.2, 0.25) is 0 Å². The molecule has 3 N–H and O–H groups in total. The number of nitrogens with one attached hydrogen (secondary N) is 2. The van der Waals surface area contributed by atoms with Crippen molar-refractivity contribution in [2.24, 2.45) is 0 Å². The van der Waals surface area contributed by atoms with Gasteiger partial charge >= 0.3 is 0 Å². The number of rotatable bonds is 6. The third-order valence-corrected chi connectivity index (χ3v) is 5.50. The lowest BCUT2D eigenvalue weighted by Crippen LogP contribution is -2.34. The number of hydrogen-bond acceptors (Lipinski definition) is 6. The second-order valence-electron chi connectivity index (χ2n) is 7.15. The smallest absolute Gasteiger partial charge is 0.257 e. The van der Waals surface area contributed by atoms with Crippen molar-refractivity contribution in [3.63, 3.8) is 0 Å². The average molecular weight is 526 g/mol. The number of oxazole rings is 1. The molecule has 0 radical (unpaired) electrons. The van der Waals surface area contributed by atoms with Crippen LogP contribution in [0, 0.1) is 0 Å². The second-order valence-corrected chi connectivity index (χ2v) is 8.41. The molecule has 0 aliphatic rings. The van der Waals surface area contributed by atoms with E-state index in [1.807, 2.05) is 6.92 Å². The van der Waals surface area contributed by atoms with Gasteiger partial charge in [0, 0.05) is 16.8 Å². The summed E-state index contributed by atoms with van der Waals surface area (Å²) in [4.78, 5) is 17.0. The van der Waals surface area contributed by atoms with Gasteiger partial charge in [-0.15, -0.1) is 0 Å². The number of phenols is 1. The Morgan fingerprint density at radius 1 is 1.15 bits per heavy atom. The third-order valence-electron chi connectivity index (χ3n) is 4.66. The molecule has 168 valence electrons. The van der Waals surface area contributed by atoms with Crippen molar-refractivity contribution in [2.75, 3.05) is 11.9 Å². The number of aromatic hydroxyl groups is 1. The Morgan fingerprint density at radius 2 is 1.94 bits per heavy atom. The monoisotopic (exact) mass is 525 g/mol. The van der Waals surface area contributed by atoms with Crippen LogP contribution in [-0.4, -0.2) is 27.7 Å². The highest BCUT2D eigenvalue weighted by atomic mass is 79.9. The molecule has 0 spiro atoms. The van der Waals surface area contributed by atoms with Crippen molar-refractivity contribution in [2.45, 2.75) is 13.3 Å². The zero-order valence-electron chi connectivity index (χ0n) is 17.6. The Morgan fingerprint density at radius 3 is 2.67 bits per heavy atom. The SMILES string of the molecule is CCCOc1ccc(C(=O)NC(=S)Nc2ccc3oc(-c4ccc(O)c(Br)c4)nc3c2)cc1. The summed E-state index contributed by atoms with van der Waals surface area (Å²) < 4.78 is 11.9. The van der Waals surface area contributed by atoms with Crippen molar-refractivity contribution in [1.29, 1.82) is 0 Å². The predicted octanol–water partition coefficient (Wildman–Crippen LogP) is 5.88. The quantitative estimate of drug-likeness (QED) is 0.270. The summed E-state index contributed by atoms with van der Waals surface area (Å²) in [6.45, 7) is 2.66. The lowest BCUT2D eigenvalue weighted by atomic mass is 10.2. The standard InChI is InChI=1S/C24H20BrN3O4S/c1-2-11-31-17-7-3-14(4-8-17)22(30)28-24(33)26-16-6-10-21-19(13-16)27-23(32-21)15-5-9-20(29)18(25)12-15/h3-10,12-13,29H,2,11H2,1H3,(H2,26,28,30,33). The van der Waals surface area contributed by atoms with Gasteiger partial charge in [0.1, 0.15) is 17.0 Å². The van der Waals surface area contributed by atoms with Crippen LogP contribution >= 0.6 is 28.1 Å². The van der Waals surface area contributed by atoms with E-state index < -0.39 is 0 Å². The van der Waals surface area contributed by atoms with E-state index in [4.69, 9.17) is 21.4 Å². The van der Waals surface area contributed by atoms with E-state index in [1.165, 1.54) is 0 Å². The first-order chi connectivity index (χ1) is 15.9. The van der Waals surface area contributed by atoms with Crippen LogP contribution in [0.15, 0.2) is 69.6 Å². The molecule has 33 heavy (non-hydrogen) atoms. The van der Waals surface area contributed by atoms with Gasteiger partial charge in [-0.05, 0) is 95.2 Å². The van der Waals surface area contributed by atoms with Gasteiger partial charge in [-0.2, -0.15) is 0 Å². The van der Waals surface area contributed by atoms with Gasteiger partial charge < -0.3 is 19.6 Å². The number of thiocarbonyl (C=S) groups is 1. The Hall–Kier alpha value is -3.43. The minimum Gasteiger partial charge on any atom is -0.507 e. The second kappa shape index (κ2) is 10.0. The molecule has 0 saturated heterocycles. The van der Waals surface area contributed by atoms with E-state index in [9.17, 15) is 9.90 Å². The fourth-order valence-corrected chi connectivity index (χ4v) is 3.62. The Balaban J connectivity index is 1.42. The van der Waals surface area contributed by atoms with Crippen LogP contribution in [0.1, 0.15) is 23.7 Å². The molecule has 0 atom stereocenters. The maximum absolute atomic E-state index is 12.5. The maximum Gasteiger partial charge on any atom is 0.257 e. The highest BCUT2D eigenvalue weighted by molar-refractivity contribution is 9.10. The average Bonchev–Trinajstić information content (AvgIpc) is 3.23. The normalized spacial score (nSPS) is 10.7. The van der Waals surface area contributed by atoms with Crippen molar-refractivity contribution in [3.05, 3.63) is 70.7 Å². The summed E-state index contributed by atoms with van der Waals surface area (Å²) in [6.07, 6.45) is 0.915. The molecule has 3 aromatic carbocycles. The van der Waals surface area contributed by atoms with Gasteiger partial charge in [0.05, 0.1) is 11.1 Å². The molecule has 1 heterocycles. The van der Waals surface area contributed by atoms with Crippen LogP contribution in [-0.2, 0) is 0 Å². The fourth-order valence-electron chi connectivity index (χ4n) is 3.03. The first-order valence-electron chi connectivity index (χ1n) is 10.2. The summed E-state index contributed by atoms with van der Waals surface area (Å²) in [5, 5.41) is 15.5. The molecule has 1 amide bonds. The highest BCUT2D eigenvalue weighted by Gasteiger charge is 2.12. The van der Waals surface area contributed by atoms with Crippen LogP contribution < -0.4 is 15.4 Å². The molecule has 0 unspecified atom stereocenters. The molecule has 0 fully saturated rings. The van der Waals surface area contributed by atoms with E-state index >= 15 is 0 Å². The molecule has 1 aromatic heterocycles. The molecular formula is C24H20BrN3O4S. The van der Waals surface area contributed by atoms with Crippen LogP contribution in [0.5, 0.6) is 11.5 Å². The van der Waals surface area contributed by atoms with Gasteiger partial charge in [0.25, 0.3) is 5.91 Å². The Kier molecular flexibility index (Phi) is 6.90. The Bertz CT molecular complexity index is 1320. The molecule has 0 aliphatic heterocycles. The van der Waals surface area contributed by atoms with Crippen LogP contribution in [0.3, 0.4) is 0 Å². The number of nitrogens with zero attached hydrogens (tertiary/aromatic N) is 1. The number of ether oxygens (including phenoxy) is 1. The Labute approximate surface area is 203 Å². The predicted molar refractivity (Wildman–Crippen MR) is 135 cm³/mol. The van der Waals surface area contributed by atoms with E-state index in [-0.39, 0.29) is 16.8 Å². The first kappa shape index (κ1) is 22.8. The van der Waals surface area contributed by atoms with Gasteiger partial charge in [-0.3, -0.25) is 10.1 Å². The van der Waals surface area contributed by atoms with E-state index in [1.54, 1.807) is 60.7 Å². The molecule has 4 aromatic rings. The van der Waals surface area contributed by atoms with Crippen molar-refractivity contribution < 1.29 is 19.1 Å². The van der Waals surface area contributed by atoms with Crippen LogP contribution in [0.4, 0.5) is 5.69 Å². The molecule has 9 heteroatoms. The zero-order chi connectivity index (χ0) is 23.4. The zero-order valence-corrected chi connectivity index (χ0v) is 20.0. The van der Waals surface area contributed by atoms with E-state index in [0.29, 0.717) is 45.1 Å². The lowest BCUT2D eigenvalue weighted by Gasteiger charge is -2.10. The third kappa shape index (κ3) is 5.50. The number of halogens is 1. The number of aromatic nitrogens is 1. The van der Waals surface area contributed by atoms with Crippen LogP contribution in [0.25, 0.3) is 22.6 Å². The molecule has 0 bridgehead atoms. The molecule has 0 saturated carbocycles. The summed E-state index contributed by atoms with van der Waals surface area (Å²) in [5.74, 6) is 0.953. The summed E-state index contributed by atoms with van der Waals surface area (Å²) >= 11 is 8.58. The summed E-state index contributed by atoms with van der Waals surface area (Å²) in [7, 11) is 0. The minimum atomic E-state index is -0.322. The molecular weight excluding hydrogens is 506 g/mol. The number of hydrogen-bond donors (Lipinski definition) is 3. The topological polar surface area (TPSA) is 96.6 Å².